The Morgan fingerprint density at radius 2 is 2.12 bits per heavy atom. The Morgan fingerprint density at radius 1 is 1.35 bits per heavy atom. The van der Waals surface area contributed by atoms with Gasteiger partial charge in [0.2, 0.25) is 0 Å². The minimum atomic E-state index is 0.000867. The number of halogens is 1. The van der Waals surface area contributed by atoms with Crippen molar-refractivity contribution >= 4 is 23.3 Å². The van der Waals surface area contributed by atoms with E-state index in [2.05, 4.69) is 22.2 Å². The molecule has 26 heavy (non-hydrogen) atoms. The van der Waals surface area contributed by atoms with Gasteiger partial charge in [0.25, 0.3) is 5.91 Å². The van der Waals surface area contributed by atoms with Crippen molar-refractivity contribution in [3.63, 3.8) is 0 Å². The minimum Gasteiger partial charge on any atom is -0.444 e. The van der Waals surface area contributed by atoms with Crippen molar-refractivity contribution in [1.82, 2.24) is 14.9 Å². The molecule has 2 aromatic rings. The number of pyridine rings is 1. The van der Waals surface area contributed by atoms with Gasteiger partial charge >= 0.3 is 0 Å². The molecule has 6 nitrogen and oxygen atoms in total. The van der Waals surface area contributed by atoms with Crippen LogP contribution in [0, 0.1) is 6.92 Å². The van der Waals surface area contributed by atoms with E-state index in [1.54, 1.807) is 12.3 Å². The molecule has 1 saturated heterocycles. The first-order valence-corrected chi connectivity index (χ1v) is 9.60. The van der Waals surface area contributed by atoms with Crippen molar-refractivity contribution in [2.24, 2.45) is 0 Å². The van der Waals surface area contributed by atoms with E-state index in [1.165, 1.54) is 6.42 Å². The van der Waals surface area contributed by atoms with Crippen LogP contribution in [0.1, 0.15) is 60.3 Å². The zero-order valence-electron chi connectivity index (χ0n) is 15.3. The molecule has 0 aromatic carbocycles. The summed E-state index contributed by atoms with van der Waals surface area (Å²) >= 11 is 6.33. The molecule has 0 saturated carbocycles. The molecule has 140 valence electrons. The summed E-state index contributed by atoms with van der Waals surface area (Å²) in [6.07, 6.45) is 6.71. The minimum absolute atomic E-state index is 0.000867. The fourth-order valence-electron chi connectivity index (χ4n) is 3.10. The molecular weight excluding hydrogens is 352 g/mol. The molecule has 1 aliphatic rings. The Labute approximate surface area is 159 Å². The molecule has 0 radical (unpaired) electrons. The van der Waals surface area contributed by atoms with E-state index in [-0.39, 0.29) is 5.91 Å². The zero-order chi connectivity index (χ0) is 18.5. The highest BCUT2D eigenvalue weighted by Gasteiger charge is 2.19. The molecule has 0 unspecified atom stereocenters. The predicted octanol–water partition coefficient (Wildman–Crippen LogP) is 4.22. The van der Waals surface area contributed by atoms with E-state index in [0.29, 0.717) is 22.9 Å². The molecule has 2 aromatic heterocycles. The van der Waals surface area contributed by atoms with Gasteiger partial charge in [0.05, 0.1) is 22.8 Å². The van der Waals surface area contributed by atoms with Crippen LogP contribution in [0.3, 0.4) is 0 Å². The molecule has 1 amide bonds. The summed E-state index contributed by atoms with van der Waals surface area (Å²) in [6, 6.07) is 1.68. The van der Waals surface area contributed by atoms with Crippen LogP contribution < -0.4 is 5.32 Å². The average Bonchev–Trinajstić information content (AvgIpc) is 3.00. The second-order valence-electron chi connectivity index (χ2n) is 6.63. The van der Waals surface area contributed by atoms with Gasteiger partial charge in [0.1, 0.15) is 11.6 Å². The van der Waals surface area contributed by atoms with Gasteiger partial charge in [-0.1, -0.05) is 18.5 Å². The average molecular weight is 377 g/mol. The monoisotopic (exact) mass is 376 g/mol. The van der Waals surface area contributed by atoms with Gasteiger partial charge in [-0.15, -0.1) is 0 Å². The van der Waals surface area contributed by atoms with Crippen LogP contribution in [0.4, 0.5) is 5.82 Å². The van der Waals surface area contributed by atoms with Gasteiger partial charge in [-0.3, -0.25) is 4.79 Å². The SMILES string of the molecule is CCCc1nc(C)c(CNc2ncc(C(=O)N3CCCCC3)cc2Cl)o1. The first kappa shape index (κ1) is 18.7. The predicted molar refractivity (Wildman–Crippen MR) is 102 cm³/mol. The molecule has 3 rings (SSSR count). The number of carbonyl (C=O) groups is 1. The maximum absolute atomic E-state index is 12.5. The topological polar surface area (TPSA) is 71.3 Å². The highest BCUT2D eigenvalue weighted by atomic mass is 35.5. The van der Waals surface area contributed by atoms with Gasteiger partial charge < -0.3 is 14.6 Å². The van der Waals surface area contributed by atoms with Crippen molar-refractivity contribution in [2.45, 2.75) is 52.5 Å². The number of oxazole rings is 1. The number of hydrogen-bond donors (Lipinski definition) is 1. The smallest absolute Gasteiger partial charge is 0.255 e. The summed E-state index contributed by atoms with van der Waals surface area (Å²) in [7, 11) is 0. The van der Waals surface area contributed by atoms with Crippen molar-refractivity contribution < 1.29 is 9.21 Å². The van der Waals surface area contributed by atoms with Gasteiger partial charge in [-0.2, -0.15) is 0 Å². The Bertz CT molecular complexity index is 769. The van der Waals surface area contributed by atoms with E-state index in [9.17, 15) is 4.79 Å². The molecule has 1 N–H and O–H groups in total. The molecule has 7 heteroatoms. The van der Waals surface area contributed by atoms with Crippen molar-refractivity contribution in [1.29, 1.82) is 0 Å². The fraction of sp³-hybridized carbons (Fsp3) is 0.526. The third-order valence-corrected chi connectivity index (χ3v) is 4.84. The lowest BCUT2D eigenvalue weighted by Crippen LogP contribution is -2.35. The summed E-state index contributed by atoms with van der Waals surface area (Å²) in [5.74, 6) is 2.07. The fourth-order valence-corrected chi connectivity index (χ4v) is 3.33. The lowest BCUT2D eigenvalue weighted by atomic mass is 10.1. The van der Waals surface area contributed by atoms with Crippen LogP contribution in [0.15, 0.2) is 16.7 Å². The van der Waals surface area contributed by atoms with Crippen molar-refractivity contribution in [3.05, 3.63) is 40.2 Å². The number of likely N-dealkylation sites (tertiary alicyclic amines) is 1. The Hall–Kier alpha value is -2.08. The van der Waals surface area contributed by atoms with Gasteiger partial charge in [0, 0.05) is 25.7 Å². The summed E-state index contributed by atoms with van der Waals surface area (Å²) in [6.45, 7) is 6.08. The number of anilines is 1. The van der Waals surface area contributed by atoms with Crippen LogP contribution in [0.25, 0.3) is 0 Å². The number of carbonyl (C=O) groups excluding carboxylic acids is 1. The highest BCUT2D eigenvalue weighted by molar-refractivity contribution is 6.33. The van der Waals surface area contributed by atoms with E-state index in [4.69, 9.17) is 16.0 Å². The largest absolute Gasteiger partial charge is 0.444 e. The molecule has 0 atom stereocenters. The van der Waals surface area contributed by atoms with Crippen LogP contribution in [0.2, 0.25) is 5.02 Å². The number of rotatable bonds is 6. The Balaban J connectivity index is 1.65. The summed E-state index contributed by atoms with van der Waals surface area (Å²) in [5.41, 5.74) is 1.40. The number of nitrogens with one attached hydrogen (secondary N) is 1. The lowest BCUT2D eigenvalue weighted by Gasteiger charge is -2.26. The van der Waals surface area contributed by atoms with Crippen LogP contribution >= 0.6 is 11.6 Å². The summed E-state index contributed by atoms with van der Waals surface area (Å²) < 4.78 is 5.75. The molecule has 1 fully saturated rings. The maximum atomic E-state index is 12.5. The normalized spacial score (nSPS) is 14.5. The quantitative estimate of drug-likeness (QED) is 0.817. The third-order valence-electron chi connectivity index (χ3n) is 4.55. The van der Waals surface area contributed by atoms with Gasteiger partial charge in [-0.05, 0) is 38.7 Å². The van der Waals surface area contributed by atoms with Crippen molar-refractivity contribution in [2.75, 3.05) is 18.4 Å². The standard InChI is InChI=1S/C19H25ClN4O2/c1-3-7-17-23-13(2)16(26-17)12-22-18-15(20)10-14(11-21-18)19(25)24-8-5-4-6-9-24/h10-11H,3-9,12H2,1-2H3,(H,21,22). The summed E-state index contributed by atoms with van der Waals surface area (Å²) in [4.78, 5) is 23.2. The van der Waals surface area contributed by atoms with E-state index in [1.807, 2.05) is 11.8 Å². The third kappa shape index (κ3) is 4.36. The van der Waals surface area contributed by atoms with Crippen LogP contribution in [0.5, 0.6) is 0 Å². The van der Waals surface area contributed by atoms with E-state index < -0.39 is 0 Å². The number of aromatic nitrogens is 2. The van der Waals surface area contributed by atoms with Crippen molar-refractivity contribution in [3.8, 4) is 0 Å². The number of amides is 1. The van der Waals surface area contributed by atoms with Crippen LogP contribution in [-0.4, -0.2) is 33.9 Å². The second kappa shape index (κ2) is 8.54. The maximum Gasteiger partial charge on any atom is 0.255 e. The Kier molecular flexibility index (Phi) is 6.14. The molecule has 0 aliphatic carbocycles. The van der Waals surface area contributed by atoms with Gasteiger partial charge in [-0.25, -0.2) is 9.97 Å². The second-order valence-corrected chi connectivity index (χ2v) is 7.03. The lowest BCUT2D eigenvalue weighted by molar-refractivity contribution is 0.0724. The van der Waals surface area contributed by atoms with E-state index in [0.717, 1.165) is 56.1 Å². The van der Waals surface area contributed by atoms with Gasteiger partial charge in [0.15, 0.2) is 5.89 Å². The first-order valence-electron chi connectivity index (χ1n) is 9.22. The zero-order valence-corrected chi connectivity index (χ0v) is 16.1. The van der Waals surface area contributed by atoms with Crippen LogP contribution in [-0.2, 0) is 13.0 Å². The molecular formula is C19H25ClN4O2. The number of nitrogens with zero attached hydrogens (tertiary/aromatic N) is 3. The number of aryl methyl sites for hydroxylation is 2. The number of piperidine rings is 1. The van der Waals surface area contributed by atoms with E-state index >= 15 is 0 Å². The molecule has 0 spiro atoms. The number of hydrogen-bond acceptors (Lipinski definition) is 5. The molecule has 1 aliphatic heterocycles. The molecule has 0 bridgehead atoms. The Morgan fingerprint density at radius 3 is 2.81 bits per heavy atom. The first-order chi connectivity index (χ1) is 12.6. The summed E-state index contributed by atoms with van der Waals surface area (Å²) in [5, 5.41) is 3.60. The highest BCUT2D eigenvalue weighted by Crippen LogP contribution is 2.23. The molecule has 3 heterocycles.